The molecular formula is C15H14F3N3O. The fourth-order valence-electron chi connectivity index (χ4n) is 3.21. The number of rotatable bonds is 3. The molecule has 2 heterocycles. The van der Waals surface area contributed by atoms with E-state index in [1.54, 1.807) is 0 Å². The predicted molar refractivity (Wildman–Crippen MR) is 71.3 cm³/mol. The third-order valence-electron chi connectivity index (χ3n) is 4.57. The number of nitrogens with zero attached hydrogens (tertiary/aromatic N) is 3. The molecule has 0 spiro atoms. The van der Waals surface area contributed by atoms with Crippen molar-refractivity contribution in [1.29, 1.82) is 0 Å². The maximum absolute atomic E-state index is 14.1. The van der Waals surface area contributed by atoms with Crippen LogP contribution in [0, 0.1) is 11.8 Å². The van der Waals surface area contributed by atoms with Gasteiger partial charge in [-0.05, 0) is 6.42 Å². The van der Waals surface area contributed by atoms with Crippen LogP contribution in [-0.4, -0.2) is 26.5 Å². The van der Waals surface area contributed by atoms with E-state index in [1.165, 1.54) is 4.68 Å². The van der Waals surface area contributed by atoms with Gasteiger partial charge in [-0.3, -0.25) is 4.79 Å². The van der Waals surface area contributed by atoms with E-state index in [2.05, 4.69) is 10.1 Å². The first-order chi connectivity index (χ1) is 10.5. The number of allylic oxidation sites excluding steroid dienone is 4. The molecule has 1 aromatic rings. The molecule has 116 valence electrons. The SMILES string of the molecule is O=C(c1nc2n(n1)[C@H](C1C=CC=CC1)C[C@@H]2F)[C@@H]1CC1(F)F. The van der Waals surface area contributed by atoms with Gasteiger partial charge in [0.15, 0.2) is 12.0 Å². The normalized spacial score (nSPS) is 34.7. The molecule has 1 unspecified atom stereocenters. The van der Waals surface area contributed by atoms with Gasteiger partial charge in [-0.25, -0.2) is 22.8 Å². The largest absolute Gasteiger partial charge is 0.290 e. The Labute approximate surface area is 124 Å². The summed E-state index contributed by atoms with van der Waals surface area (Å²) in [5, 5.41) is 4.05. The molecule has 4 atom stereocenters. The van der Waals surface area contributed by atoms with Crippen LogP contribution in [0.1, 0.15) is 47.9 Å². The highest BCUT2D eigenvalue weighted by molar-refractivity contribution is 5.97. The lowest BCUT2D eigenvalue weighted by Crippen LogP contribution is -2.17. The van der Waals surface area contributed by atoms with Gasteiger partial charge in [0.1, 0.15) is 0 Å². The molecule has 0 bridgehead atoms. The van der Waals surface area contributed by atoms with Gasteiger partial charge in [0.05, 0.1) is 12.0 Å². The van der Waals surface area contributed by atoms with Crippen LogP contribution in [0.25, 0.3) is 0 Å². The van der Waals surface area contributed by atoms with Crippen LogP contribution in [0.4, 0.5) is 13.2 Å². The fourth-order valence-corrected chi connectivity index (χ4v) is 3.21. The molecule has 1 aliphatic heterocycles. The number of carbonyl (C=O) groups excluding carboxylic acids is 1. The van der Waals surface area contributed by atoms with E-state index in [4.69, 9.17) is 0 Å². The molecule has 0 amide bonds. The van der Waals surface area contributed by atoms with Crippen molar-refractivity contribution < 1.29 is 18.0 Å². The summed E-state index contributed by atoms with van der Waals surface area (Å²) in [6.45, 7) is 0. The minimum atomic E-state index is -2.96. The summed E-state index contributed by atoms with van der Waals surface area (Å²) in [5.41, 5.74) is 0. The van der Waals surface area contributed by atoms with E-state index in [-0.39, 0.29) is 30.0 Å². The summed E-state index contributed by atoms with van der Waals surface area (Å²) in [6.07, 6.45) is 7.03. The van der Waals surface area contributed by atoms with Gasteiger partial charge >= 0.3 is 0 Å². The zero-order valence-corrected chi connectivity index (χ0v) is 11.6. The van der Waals surface area contributed by atoms with E-state index in [0.717, 1.165) is 6.42 Å². The van der Waals surface area contributed by atoms with Gasteiger partial charge in [-0.1, -0.05) is 24.3 Å². The molecule has 0 aromatic carbocycles. The Morgan fingerprint density at radius 2 is 2.14 bits per heavy atom. The van der Waals surface area contributed by atoms with Crippen LogP contribution in [0.3, 0.4) is 0 Å². The molecule has 22 heavy (non-hydrogen) atoms. The summed E-state index contributed by atoms with van der Waals surface area (Å²) in [7, 11) is 0. The first kappa shape index (κ1) is 13.7. The molecule has 4 nitrogen and oxygen atoms in total. The summed E-state index contributed by atoms with van der Waals surface area (Å²) >= 11 is 0. The maximum Gasteiger partial charge on any atom is 0.259 e. The Kier molecular flexibility index (Phi) is 2.83. The van der Waals surface area contributed by atoms with E-state index >= 15 is 0 Å². The van der Waals surface area contributed by atoms with E-state index in [1.807, 2.05) is 24.3 Å². The molecule has 3 aliphatic rings. The highest BCUT2D eigenvalue weighted by atomic mass is 19.3. The Morgan fingerprint density at radius 1 is 1.36 bits per heavy atom. The maximum atomic E-state index is 14.1. The highest BCUT2D eigenvalue weighted by Crippen LogP contribution is 2.50. The van der Waals surface area contributed by atoms with Gasteiger partial charge in [0.2, 0.25) is 11.6 Å². The van der Waals surface area contributed by atoms with E-state index < -0.39 is 30.2 Å². The summed E-state index contributed by atoms with van der Waals surface area (Å²) in [4.78, 5) is 15.8. The fraction of sp³-hybridized carbons (Fsp3) is 0.533. The zero-order chi connectivity index (χ0) is 15.5. The topological polar surface area (TPSA) is 47.8 Å². The highest BCUT2D eigenvalue weighted by Gasteiger charge is 2.62. The average Bonchev–Trinajstić information content (AvgIpc) is 2.87. The van der Waals surface area contributed by atoms with Crippen LogP contribution in [0.2, 0.25) is 0 Å². The zero-order valence-electron chi connectivity index (χ0n) is 11.6. The number of hydrogen-bond acceptors (Lipinski definition) is 3. The van der Waals surface area contributed by atoms with Crippen molar-refractivity contribution in [3.63, 3.8) is 0 Å². The van der Waals surface area contributed by atoms with Crippen LogP contribution >= 0.6 is 0 Å². The third kappa shape index (κ3) is 2.02. The van der Waals surface area contributed by atoms with Gasteiger partial charge in [-0.2, -0.15) is 0 Å². The van der Waals surface area contributed by atoms with Crippen molar-refractivity contribution in [2.24, 2.45) is 11.8 Å². The van der Waals surface area contributed by atoms with Crippen molar-refractivity contribution in [3.05, 3.63) is 36.0 Å². The number of halogens is 3. The van der Waals surface area contributed by atoms with Crippen LogP contribution in [0.15, 0.2) is 24.3 Å². The summed E-state index contributed by atoms with van der Waals surface area (Å²) in [6, 6.07) is -0.222. The standard InChI is InChI=1S/C15H14F3N3O/c16-10-6-11(8-4-2-1-3-5-8)21-14(10)19-13(20-21)12(22)9-7-15(9,17)18/h1-4,8-11H,5-7H2/t8?,9-,10-,11-/m0/s1. The van der Waals surface area contributed by atoms with Crippen molar-refractivity contribution in [2.75, 3.05) is 0 Å². The second kappa shape index (κ2) is 4.54. The number of aromatic nitrogens is 3. The van der Waals surface area contributed by atoms with Crippen LogP contribution < -0.4 is 0 Å². The van der Waals surface area contributed by atoms with Crippen LogP contribution in [0.5, 0.6) is 0 Å². The average molecular weight is 309 g/mol. The molecule has 7 heteroatoms. The molecule has 1 aromatic heterocycles. The molecule has 4 rings (SSSR count). The van der Waals surface area contributed by atoms with Gasteiger partial charge < -0.3 is 0 Å². The summed E-state index contributed by atoms with van der Waals surface area (Å²) in [5.74, 6) is -5.20. The molecule has 0 saturated heterocycles. The van der Waals surface area contributed by atoms with Gasteiger partial charge in [0, 0.05) is 18.8 Å². The van der Waals surface area contributed by atoms with Crippen molar-refractivity contribution in [3.8, 4) is 0 Å². The summed E-state index contributed by atoms with van der Waals surface area (Å²) < 4.78 is 41.6. The van der Waals surface area contributed by atoms with Crippen molar-refractivity contribution in [1.82, 2.24) is 14.8 Å². The molecule has 2 aliphatic carbocycles. The molecule has 0 radical (unpaired) electrons. The smallest absolute Gasteiger partial charge is 0.259 e. The number of alkyl halides is 3. The number of Topliss-reactive ketones (excluding diaryl/α,β-unsaturated/α-hetero) is 1. The second-order valence-corrected chi connectivity index (χ2v) is 6.10. The van der Waals surface area contributed by atoms with Crippen LogP contribution in [-0.2, 0) is 0 Å². The second-order valence-electron chi connectivity index (χ2n) is 6.10. The minimum absolute atomic E-state index is 0.0801. The Balaban J connectivity index is 1.62. The van der Waals surface area contributed by atoms with Gasteiger partial charge in [0.25, 0.3) is 5.92 Å². The number of carbonyl (C=O) groups is 1. The molecular weight excluding hydrogens is 295 g/mol. The molecule has 1 fully saturated rings. The van der Waals surface area contributed by atoms with E-state index in [0.29, 0.717) is 0 Å². The lowest BCUT2D eigenvalue weighted by atomic mass is 9.91. The first-order valence-electron chi connectivity index (χ1n) is 7.33. The Bertz CT molecular complexity index is 694. The lowest BCUT2D eigenvalue weighted by molar-refractivity contribution is 0.0748. The number of ketones is 1. The van der Waals surface area contributed by atoms with Crippen molar-refractivity contribution in [2.45, 2.75) is 37.4 Å². The molecule has 1 saturated carbocycles. The first-order valence-corrected chi connectivity index (χ1v) is 7.33. The minimum Gasteiger partial charge on any atom is -0.290 e. The number of fused-ring (bicyclic) bond motifs is 1. The predicted octanol–water partition coefficient (Wildman–Crippen LogP) is 3.20. The number of hydrogen-bond donors (Lipinski definition) is 0. The monoisotopic (exact) mass is 309 g/mol. The van der Waals surface area contributed by atoms with Gasteiger partial charge in [-0.15, -0.1) is 5.10 Å². The molecule has 0 N–H and O–H groups in total. The quantitative estimate of drug-likeness (QED) is 0.806. The van der Waals surface area contributed by atoms with E-state index in [9.17, 15) is 18.0 Å². The Hall–Kier alpha value is -1.92. The lowest BCUT2D eigenvalue weighted by Gasteiger charge is -2.21. The van der Waals surface area contributed by atoms with Crippen molar-refractivity contribution >= 4 is 5.78 Å². The Morgan fingerprint density at radius 3 is 2.77 bits per heavy atom. The third-order valence-corrected chi connectivity index (χ3v) is 4.57.